The third kappa shape index (κ3) is 11.2. The van der Waals surface area contributed by atoms with Crippen molar-refractivity contribution in [3.05, 3.63) is 18.9 Å². The molecule has 0 radical (unpaired) electrons. The Morgan fingerprint density at radius 2 is 2.33 bits per heavy atom. The smallest absolute Gasteiger partial charge is 0.180 e. The molecule has 0 bridgehead atoms. The van der Waals surface area contributed by atoms with Crippen molar-refractivity contribution in [2.75, 3.05) is 0 Å². The van der Waals surface area contributed by atoms with Crippen LogP contribution >= 0.6 is 11.6 Å². The molecular formula is C5H7ClFNO. The Bertz CT molecular complexity index is 101. The van der Waals surface area contributed by atoms with Crippen molar-refractivity contribution in [2.45, 2.75) is 12.6 Å². The average molecular weight is 152 g/mol. The molecule has 0 saturated carbocycles. The van der Waals surface area contributed by atoms with Gasteiger partial charge in [0.2, 0.25) is 0 Å². The van der Waals surface area contributed by atoms with Gasteiger partial charge in [0.1, 0.15) is 6.26 Å². The lowest BCUT2D eigenvalue weighted by Crippen LogP contribution is -1.66. The largest absolute Gasteiger partial charge is 0.452 e. The molecule has 9 heavy (non-hydrogen) atoms. The molecule has 1 heterocycles. The molecule has 1 rings (SSSR count). The van der Waals surface area contributed by atoms with Crippen LogP contribution in [0.25, 0.3) is 0 Å². The highest BCUT2D eigenvalue weighted by molar-refractivity contribution is 6.19. The van der Waals surface area contributed by atoms with Crippen LogP contribution in [0.4, 0.5) is 4.39 Å². The summed E-state index contributed by atoms with van der Waals surface area (Å²) < 4.78 is 15.2. The quantitative estimate of drug-likeness (QED) is 0.532. The van der Waals surface area contributed by atoms with Crippen molar-refractivity contribution in [1.29, 1.82) is 0 Å². The van der Waals surface area contributed by atoms with Gasteiger partial charge < -0.3 is 4.42 Å². The molecular weight excluding hydrogens is 145 g/mol. The van der Waals surface area contributed by atoms with Gasteiger partial charge in [-0.2, -0.15) is 0 Å². The lowest BCUT2D eigenvalue weighted by molar-refractivity contribution is 0.475. The summed E-state index contributed by atoms with van der Waals surface area (Å²) in [6.07, 6.45) is 4.47. The first-order valence-corrected chi connectivity index (χ1v) is 2.77. The zero-order valence-corrected chi connectivity index (χ0v) is 5.68. The number of oxazole rings is 1. The van der Waals surface area contributed by atoms with Crippen molar-refractivity contribution in [3.63, 3.8) is 0 Å². The summed E-state index contributed by atoms with van der Waals surface area (Å²) in [5, 5.41) is 0. The van der Waals surface area contributed by atoms with Crippen molar-refractivity contribution < 1.29 is 8.81 Å². The molecule has 0 N–H and O–H groups in total. The molecule has 0 aliphatic heterocycles. The first kappa shape index (κ1) is 8.43. The van der Waals surface area contributed by atoms with E-state index in [9.17, 15) is 4.39 Å². The molecule has 0 aliphatic carbocycles. The van der Waals surface area contributed by atoms with Crippen LogP contribution in [0, 0.1) is 0 Å². The minimum atomic E-state index is -1.19. The second-order valence-corrected chi connectivity index (χ2v) is 1.80. The molecule has 4 heteroatoms. The number of hydrogen-bond acceptors (Lipinski definition) is 2. The van der Waals surface area contributed by atoms with Crippen molar-refractivity contribution in [1.82, 2.24) is 4.98 Å². The van der Waals surface area contributed by atoms with E-state index >= 15 is 0 Å². The fourth-order valence-corrected chi connectivity index (χ4v) is 0.176. The predicted octanol–water partition coefficient (Wildman–Crippen LogP) is 2.22. The van der Waals surface area contributed by atoms with Crippen molar-refractivity contribution >= 4 is 11.6 Å². The molecule has 0 aromatic carbocycles. The highest BCUT2D eigenvalue weighted by atomic mass is 35.5. The summed E-state index contributed by atoms with van der Waals surface area (Å²) in [5.74, 6) is 0. The van der Waals surface area contributed by atoms with Crippen molar-refractivity contribution in [2.24, 2.45) is 0 Å². The molecule has 52 valence electrons. The Hall–Kier alpha value is -0.570. The average Bonchev–Trinajstić information content (AvgIpc) is 2.11. The first-order valence-electron chi connectivity index (χ1n) is 2.33. The van der Waals surface area contributed by atoms with E-state index in [1.54, 1.807) is 6.20 Å². The van der Waals surface area contributed by atoms with Gasteiger partial charge in [-0.1, -0.05) is 11.6 Å². The number of alkyl halides is 2. The zero-order valence-electron chi connectivity index (χ0n) is 4.92. The number of nitrogens with zero attached hydrogens (tertiary/aromatic N) is 1. The van der Waals surface area contributed by atoms with E-state index in [0.29, 0.717) is 0 Å². The monoisotopic (exact) mass is 151 g/mol. The molecule has 1 unspecified atom stereocenters. The fourth-order valence-electron chi connectivity index (χ4n) is 0.176. The van der Waals surface area contributed by atoms with E-state index in [2.05, 4.69) is 21.0 Å². The third-order valence-corrected chi connectivity index (χ3v) is 0.347. The standard InChI is InChI=1S/C3H3NO.C2H4ClF/c1-2-5-3-4-1;1-2(3)4/h1-3H;2H,1H3. The Balaban J connectivity index is 0.000000148. The second-order valence-electron chi connectivity index (χ2n) is 1.19. The van der Waals surface area contributed by atoms with E-state index in [1.165, 1.54) is 19.6 Å². The molecule has 1 aromatic heterocycles. The van der Waals surface area contributed by atoms with Crippen LogP contribution in [0.1, 0.15) is 6.92 Å². The van der Waals surface area contributed by atoms with Gasteiger partial charge in [0.05, 0.1) is 6.20 Å². The number of halogens is 2. The Kier molecular flexibility index (Phi) is 5.21. The van der Waals surface area contributed by atoms with Gasteiger partial charge in [0.25, 0.3) is 0 Å². The maximum atomic E-state index is 10.8. The minimum Gasteiger partial charge on any atom is -0.452 e. The summed E-state index contributed by atoms with van der Waals surface area (Å²) in [6.45, 7) is 1.27. The van der Waals surface area contributed by atoms with Gasteiger partial charge in [0.15, 0.2) is 12.0 Å². The zero-order chi connectivity index (χ0) is 7.11. The summed E-state index contributed by atoms with van der Waals surface area (Å²) in [5.41, 5.74) is -1.19. The van der Waals surface area contributed by atoms with Crippen LogP contribution < -0.4 is 0 Å². The highest BCUT2D eigenvalue weighted by Gasteiger charge is 1.77. The summed E-state index contributed by atoms with van der Waals surface area (Å²) in [6, 6.07) is 0. The lowest BCUT2D eigenvalue weighted by atomic mass is 10.9. The van der Waals surface area contributed by atoms with E-state index < -0.39 is 5.63 Å². The summed E-state index contributed by atoms with van der Waals surface area (Å²) in [4.78, 5) is 3.56. The first-order chi connectivity index (χ1) is 4.23. The third-order valence-electron chi connectivity index (χ3n) is 0.347. The van der Waals surface area contributed by atoms with Crippen LogP contribution in [0.15, 0.2) is 23.3 Å². The van der Waals surface area contributed by atoms with Crippen LogP contribution in [0.2, 0.25) is 0 Å². The molecule has 1 atom stereocenters. The number of rotatable bonds is 0. The van der Waals surface area contributed by atoms with Gasteiger partial charge in [-0.3, -0.25) is 0 Å². The molecule has 0 spiro atoms. The maximum absolute atomic E-state index is 10.8. The molecule has 2 nitrogen and oxygen atoms in total. The molecule has 0 saturated heterocycles. The van der Waals surface area contributed by atoms with Gasteiger partial charge in [-0.15, -0.1) is 0 Å². The SMILES string of the molecule is CC(F)Cl.c1cocn1. The van der Waals surface area contributed by atoms with Gasteiger partial charge >= 0.3 is 0 Å². The molecule has 0 amide bonds. The van der Waals surface area contributed by atoms with E-state index in [0.717, 1.165) is 0 Å². The number of hydrogen-bond donors (Lipinski definition) is 0. The van der Waals surface area contributed by atoms with Crippen LogP contribution in [-0.2, 0) is 0 Å². The van der Waals surface area contributed by atoms with Gasteiger partial charge in [-0.05, 0) is 6.92 Å². The normalized spacial score (nSPS) is 11.4. The van der Waals surface area contributed by atoms with E-state index in [4.69, 9.17) is 0 Å². The Morgan fingerprint density at radius 1 is 1.78 bits per heavy atom. The predicted molar refractivity (Wildman–Crippen MR) is 32.9 cm³/mol. The molecule has 0 aliphatic rings. The minimum absolute atomic E-state index is 1.19. The Morgan fingerprint density at radius 3 is 2.44 bits per heavy atom. The fraction of sp³-hybridized carbons (Fsp3) is 0.400. The van der Waals surface area contributed by atoms with Crippen LogP contribution in [-0.4, -0.2) is 10.6 Å². The molecule has 1 aromatic rings. The lowest BCUT2D eigenvalue weighted by Gasteiger charge is -1.71. The maximum Gasteiger partial charge on any atom is 0.180 e. The van der Waals surface area contributed by atoms with Gasteiger partial charge in [-0.25, -0.2) is 9.37 Å². The van der Waals surface area contributed by atoms with Crippen LogP contribution in [0.5, 0.6) is 0 Å². The second kappa shape index (κ2) is 5.56. The molecule has 0 fully saturated rings. The van der Waals surface area contributed by atoms with Gasteiger partial charge in [0, 0.05) is 0 Å². The van der Waals surface area contributed by atoms with Crippen LogP contribution in [0.3, 0.4) is 0 Å². The summed E-state index contributed by atoms with van der Waals surface area (Å²) >= 11 is 4.61. The number of aromatic nitrogens is 1. The van der Waals surface area contributed by atoms with E-state index in [-0.39, 0.29) is 0 Å². The highest BCUT2D eigenvalue weighted by Crippen LogP contribution is 1.89. The van der Waals surface area contributed by atoms with Crippen molar-refractivity contribution in [3.8, 4) is 0 Å². The van der Waals surface area contributed by atoms with E-state index in [1.807, 2.05) is 0 Å². The summed E-state index contributed by atoms with van der Waals surface area (Å²) in [7, 11) is 0. The topological polar surface area (TPSA) is 26.0 Å². The Labute approximate surface area is 57.6 Å².